The van der Waals surface area contributed by atoms with Crippen molar-refractivity contribution < 1.29 is 14.6 Å². The van der Waals surface area contributed by atoms with Crippen LogP contribution in [0, 0.1) is 5.41 Å². The summed E-state index contributed by atoms with van der Waals surface area (Å²) in [5.41, 5.74) is 2.67. The third-order valence-corrected chi connectivity index (χ3v) is 4.65. The van der Waals surface area contributed by atoms with Crippen LogP contribution in [-0.4, -0.2) is 41.2 Å². The lowest BCUT2D eigenvalue weighted by atomic mass is 10.2. The molecule has 144 valence electrons. The highest BCUT2D eigenvalue weighted by Gasteiger charge is 2.32. The second kappa shape index (κ2) is 7.26. The Labute approximate surface area is 162 Å². The van der Waals surface area contributed by atoms with Crippen molar-refractivity contribution in [1.29, 1.82) is 5.41 Å². The molecule has 7 nitrogen and oxygen atoms in total. The molecule has 3 N–H and O–H groups in total. The first kappa shape index (κ1) is 17.9. The molecule has 3 aromatic rings. The number of ether oxygens (including phenoxy) is 2. The standard InChI is InChI=1S/C21H22N4O3/c1-3-10-28-18-7-5-4-6-16(18)25-12-17(26)19(20(25)22)21-23-14-9-8-13(27-2)11-15(14)24-21/h4-9,11,22,26H,3,10,12H2,1-2H3,(H,23,24). The number of benzene rings is 2. The fourth-order valence-electron chi connectivity index (χ4n) is 3.28. The van der Waals surface area contributed by atoms with E-state index in [1.807, 2.05) is 49.4 Å². The molecule has 0 bridgehead atoms. The van der Waals surface area contributed by atoms with Crippen molar-refractivity contribution in [2.24, 2.45) is 0 Å². The zero-order valence-electron chi connectivity index (χ0n) is 15.8. The Morgan fingerprint density at radius 2 is 2.07 bits per heavy atom. The van der Waals surface area contributed by atoms with Gasteiger partial charge in [-0.05, 0) is 30.7 Å². The van der Waals surface area contributed by atoms with E-state index in [0.29, 0.717) is 29.5 Å². The Kier molecular flexibility index (Phi) is 4.65. The van der Waals surface area contributed by atoms with Gasteiger partial charge in [0.2, 0.25) is 0 Å². The van der Waals surface area contributed by atoms with E-state index in [9.17, 15) is 5.11 Å². The maximum Gasteiger partial charge on any atom is 0.145 e. The van der Waals surface area contributed by atoms with Gasteiger partial charge in [-0.15, -0.1) is 0 Å². The van der Waals surface area contributed by atoms with E-state index in [-0.39, 0.29) is 18.1 Å². The molecule has 0 atom stereocenters. The highest BCUT2D eigenvalue weighted by atomic mass is 16.5. The van der Waals surface area contributed by atoms with Crippen molar-refractivity contribution >= 4 is 28.1 Å². The number of aromatic amines is 1. The minimum absolute atomic E-state index is 0.0984. The SMILES string of the molecule is CCCOc1ccccc1N1CC(O)=C(c2nc3ccc(OC)cc3[nH]2)C1=N. The van der Waals surface area contributed by atoms with Crippen molar-refractivity contribution in [3.05, 3.63) is 54.0 Å². The topological polar surface area (TPSA) is 94.5 Å². The van der Waals surface area contributed by atoms with Crippen LogP contribution in [-0.2, 0) is 0 Å². The fraction of sp³-hybridized carbons (Fsp3) is 0.238. The van der Waals surface area contributed by atoms with Crippen molar-refractivity contribution in [2.75, 3.05) is 25.2 Å². The number of aliphatic hydroxyl groups is 1. The molecule has 7 heteroatoms. The highest BCUT2D eigenvalue weighted by Crippen LogP contribution is 2.36. The van der Waals surface area contributed by atoms with E-state index in [0.717, 1.165) is 23.1 Å². The van der Waals surface area contributed by atoms with Gasteiger partial charge in [0.25, 0.3) is 0 Å². The molecule has 2 heterocycles. The molecule has 0 aliphatic carbocycles. The number of hydrogen-bond acceptors (Lipinski definition) is 5. The Morgan fingerprint density at radius 3 is 2.86 bits per heavy atom. The number of nitrogens with zero attached hydrogens (tertiary/aromatic N) is 2. The number of aliphatic hydroxyl groups excluding tert-OH is 1. The summed E-state index contributed by atoms with van der Waals surface area (Å²) in [6.07, 6.45) is 0.892. The summed E-state index contributed by atoms with van der Waals surface area (Å²) in [6, 6.07) is 13.1. The van der Waals surface area contributed by atoms with Crippen LogP contribution in [0.5, 0.6) is 11.5 Å². The minimum atomic E-state index is 0.0984. The van der Waals surface area contributed by atoms with Gasteiger partial charge in [0, 0.05) is 6.07 Å². The average Bonchev–Trinajstić information content (AvgIpc) is 3.25. The molecule has 2 aromatic carbocycles. The zero-order valence-corrected chi connectivity index (χ0v) is 15.8. The van der Waals surface area contributed by atoms with Gasteiger partial charge >= 0.3 is 0 Å². The van der Waals surface area contributed by atoms with Gasteiger partial charge < -0.3 is 24.5 Å². The molecule has 0 amide bonds. The number of methoxy groups -OCH3 is 1. The number of H-pyrrole nitrogens is 1. The lowest BCUT2D eigenvalue weighted by molar-refractivity contribution is 0.318. The van der Waals surface area contributed by atoms with Crippen molar-refractivity contribution in [3.8, 4) is 11.5 Å². The Bertz CT molecular complexity index is 1070. The molecule has 0 saturated carbocycles. The third-order valence-electron chi connectivity index (χ3n) is 4.65. The predicted molar refractivity (Wildman–Crippen MR) is 109 cm³/mol. The van der Waals surface area contributed by atoms with E-state index in [4.69, 9.17) is 14.9 Å². The number of nitrogens with one attached hydrogen (secondary N) is 2. The van der Waals surface area contributed by atoms with Gasteiger partial charge in [0.05, 0.1) is 42.6 Å². The van der Waals surface area contributed by atoms with E-state index in [2.05, 4.69) is 9.97 Å². The summed E-state index contributed by atoms with van der Waals surface area (Å²) in [4.78, 5) is 9.46. The smallest absolute Gasteiger partial charge is 0.145 e. The fourth-order valence-corrected chi connectivity index (χ4v) is 3.28. The number of fused-ring (bicyclic) bond motifs is 1. The van der Waals surface area contributed by atoms with E-state index < -0.39 is 0 Å². The molecule has 1 aliphatic rings. The summed E-state index contributed by atoms with van der Waals surface area (Å²) in [7, 11) is 1.61. The average molecular weight is 378 g/mol. The van der Waals surface area contributed by atoms with Gasteiger partial charge in [-0.3, -0.25) is 5.41 Å². The minimum Gasteiger partial charge on any atom is -0.509 e. The summed E-state index contributed by atoms with van der Waals surface area (Å²) in [6.45, 7) is 2.83. The second-order valence-electron chi connectivity index (χ2n) is 6.54. The van der Waals surface area contributed by atoms with E-state index in [1.54, 1.807) is 12.0 Å². The number of imidazole rings is 1. The van der Waals surface area contributed by atoms with Crippen LogP contribution in [0.4, 0.5) is 5.69 Å². The maximum absolute atomic E-state index is 10.6. The van der Waals surface area contributed by atoms with Crippen molar-refractivity contribution in [3.63, 3.8) is 0 Å². The summed E-state index contributed by atoms with van der Waals surface area (Å²) in [5.74, 6) is 2.14. The van der Waals surface area contributed by atoms with Crippen molar-refractivity contribution in [1.82, 2.24) is 9.97 Å². The van der Waals surface area contributed by atoms with Gasteiger partial charge in [0.15, 0.2) is 0 Å². The molecular formula is C21H22N4O3. The lowest BCUT2D eigenvalue weighted by Crippen LogP contribution is -2.26. The van der Waals surface area contributed by atoms with Gasteiger partial charge in [-0.1, -0.05) is 19.1 Å². The first-order valence-corrected chi connectivity index (χ1v) is 9.17. The van der Waals surface area contributed by atoms with Crippen LogP contribution >= 0.6 is 0 Å². The molecule has 1 aliphatic heterocycles. The molecular weight excluding hydrogens is 356 g/mol. The van der Waals surface area contributed by atoms with Gasteiger partial charge in [0.1, 0.15) is 28.9 Å². The molecule has 4 rings (SSSR count). The summed E-state index contributed by atoms with van der Waals surface area (Å²) >= 11 is 0. The molecule has 0 radical (unpaired) electrons. The molecule has 1 aromatic heterocycles. The first-order chi connectivity index (χ1) is 13.6. The monoisotopic (exact) mass is 378 g/mol. The molecule has 28 heavy (non-hydrogen) atoms. The van der Waals surface area contributed by atoms with Crippen LogP contribution in [0.3, 0.4) is 0 Å². The number of para-hydroxylation sites is 2. The van der Waals surface area contributed by atoms with Gasteiger partial charge in [-0.2, -0.15) is 0 Å². The molecule has 0 fully saturated rings. The quantitative estimate of drug-likeness (QED) is 0.600. The summed E-state index contributed by atoms with van der Waals surface area (Å²) < 4.78 is 11.1. The predicted octanol–water partition coefficient (Wildman–Crippen LogP) is 4.13. The zero-order chi connectivity index (χ0) is 19.7. The Morgan fingerprint density at radius 1 is 1.25 bits per heavy atom. The van der Waals surface area contributed by atoms with Crippen LogP contribution in [0.25, 0.3) is 16.6 Å². The first-order valence-electron chi connectivity index (χ1n) is 9.17. The largest absolute Gasteiger partial charge is 0.509 e. The maximum atomic E-state index is 10.6. The number of aromatic nitrogens is 2. The normalized spacial score (nSPS) is 14.2. The van der Waals surface area contributed by atoms with E-state index >= 15 is 0 Å². The highest BCUT2D eigenvalue weighted by molar-refractivity contribution is 6.30. The van der Waals surface area contributed by atoms with Crippen LogP contribution in [0.15, 0.2) is 48.2 Å². The van der Waals surface area contributed by atoms with Gasteiger partial charge in [-0.25, -0.2) is 4.98 Å². The number of amidine groups is 1. The van der Waals surface area contributed by atoms with E-state index in [1.165, 1.54) is 0 Å². The number of anilines is 1. The molecule has 0 unspecified atom stereocenters. The summed E-state index contributed by atoms with van der Waals surface area (Å²) in [5, 5.41) is 19.3. The lowest BCUT2D eigenvalue weighted by Gasteiger charge is -2.21. The van der Waals surface area contributed by atoms with Crippen LogP contribution in [0.1, 0.15) is 19.2 Å². The number of rotatable bonds is 6. The molecule has 0 saturated heterocycles. The molecule has 0 spiro atoms. The third kappa shape index (κ3) is 3.05. The Hall–Kier alpha value is -3.48. The number of hydrogen-bond donors (Lipinski definition) is 3. The van der Waals surface area contributed by atoms with Crippen LogP contribution < -0.4 is 14.4 Å². The Balaban J connectivity index is 1.68. The second-order valence-corrected chi connectivity index (χ2v) is 6.54. The van der Waals surface area contributed by atoms with Crippen LogP contribution in [0.2, 0.25) is 0 Å². The van der Waals surface area contributed by atoms with Crippen molar-refractivity contribution in [2.45, 2.75) is 13.3 Å².